The van der Waals surface area contributed by atoms with Crippen molar-refractivity contribution in [2.24, 2.45) is 0 Å². The Balaban J connectivity index is 1.96. The zero-order valence-corrected chi connectivity index (χ0v) is 16.9. The van der Waals surface area contributed by atoms with E-state index >= 15 is 0 Å². The summed E-state index contributed by atoms with van der Waals surface area (Å²) in [5.74, 6) is -0.720. The Morgan fingerprint density at radius 1 is 0.667 bits per heavy atom. The maximum absolute atomic E-state index is 12.9. The largest absolute Gasteiger partial charge is 0.297 e. The van der Waals surface area contributed by atoms with Crippen molar-refractivity contribution in [2.45, 2.75) is 53.4 Å². The molecule has 1 saturated carbocycles. The molecule has 2 aromatic carbocycles. The van der Waals surface area contributed by atoms with Gasteiger partial charge in [-0.25, -0.2) is 16.8 Å². The SMILES string of the molecule is Cc1ccc(S(=O)(=O)C2CCCC(S(=O)(=O)c3ccc(C)cc3)C2=O)cc1. The predicted octanol–water partition coefficient (Wildman–Crippen LogP) is 3.04. The van der Waals surface area contributed by atoms with Gasteiger partial charge in [0.2, 0.25) is 0 Å². The summed E-state index contributed by atoms with van der Waals surface area (Å²) in [5, 5.41) is -2.64. The van der Waals surface area contributed by atoms with E-state index < -0.39 is 36.0 Å². The quantitative estimate of drug-likeness (QED) is 0.779. The second-order valence-electron chi connectivity index (χ2n) is 7.03. The van der Waals surface area contributed by atoms with Crippen molar-refractivity contribution >= 4 is 25.5 Å². The van der Waals surface area contributed by atoms with Gasteiger partial charge in [0.1, 0.15) is 10.5 Å². The van der Waals surface area contributed by atoms with Crippen LogP contribution in [0.2, 0.25) is 0 Å². The lowest BCUT2D eigenvalue weighted by molar-refractivity contribution is -0.119. The monoisotopic (exact) mass is 406 g/mol. The summed E-state index contributed by atoms with van der Waals surface area (Å²) in [4.78, 5) is 13.1. The fourth-order valence-corrected chi connectivity index (χ4v) is 7.05. The van der Waals surface area contributed by atoms with E-state index in [2.05, 4.69) is 0 Å². The fourth-order valence-electron chi connectivity index (χ4n) is 3.38. The number of rotatable bonds is 4. The number of carbonyl (C=O) groups is 1. The zero-order valence-electron chi connectivity index (χ0n) is 15.3. The van der Waals surface area contributed by atoms with Crippen LogP contribution in [0.25, 0.3) is 0 Å². The van der Waals surface area contributed by atoms with Crippen molar-refractivity contribution in [2.75, 3.05) is 0 Å². The van der Waals surface area contributed by atoms with Crippen LogP contribution >= 0.6 is 0 Å². The molecule has 0 radical (unpaired) electrons. The first-order valence-electron chi connectivity index (χ1n) is 8.79. The highest BCUT2D eigenvalue weighted by Crippen LogP contribution is 2.32. The van der Waals surface area contributed by atoms with E-state index in [9.17, 15) is 21.6 Å². The first kappa shape index (κ1) is 19.8. The molecule has 0 saturated heterocycles. The highest BCUT2D eigenvalue weighted by molar-refractivity contribution is 7.94. The topological polar surface area (TPSA) is 85.3 Å². The number of hydrogen-bond donors (Lipinski definition) is 0. The summed E-state index contributed by atoms with van der Waals surface area (Å²) in [7, 11) is -7.85. The molecule has 0 N–H and O–H groups in total. The first-order valence-corrected chi connectivity index (χ1v) is 11.9. The molecule has 1 aliphatic rings. The van der Waals surface area contributed by atoms with Gasteiger partial charge >= 0.3 is 0 Å². The number of sulfone groups is 2. The van der Waals surface area contributed by atoms with Gasteiger partial charge in [-0.05, 0) is 57.4 Å². The Morgan fingerprint density at radius 2 is 1.00 bits per heavy atom. The first-order chi connectivity index (χ1) is 12.6. The van der Waals surface area contributed by atoms with Gasteiger partial charge in [0.05, 0.1) is 9.79 Å². The predicted molar refractivity (Wildman–Crippen MR) is 103 cm³/mol. The highest BCUT2D eigenvalue weighted by Gasteiger charge is 2.46. The van der Waals surface area contributed by atoms with Crippen molar-refractivity contribution in [3.8, 4) is 0 Å². The van der Waals surface area contributed by atoms with Crippen LogP contribution in [0.4, 0.5) is 0 Å². The molecule has 0 spiro atoms. The van der Waals surface area contributed by atoms with E-state index in [-0.39, 0.29) is 22.6 Å². The maximum Gasteiger partial charge on any atom is 0.188 e. The maximum atomic E-state index is 12.9. The van der Waals surface area contributed by atoms with Gasteiger partial charge in [-0.2, -0.15) is 0 Å². The zero-order chi connectivity index (χ0) is 19.8. The molecular formula is C20H22O5S2. The molecule has 0 bridgehead atoms. The fraction of sp³-hybridized carbons (Fsp3) is 0.350. The lowest BCUT2D eigenvalue weighted by atomic mass is 9.98. The number of hydrogen-bond acceptors (Lipinski definition) is 5. The van der Waals surface area contributed by atoms with E-state index in [1.165, 1.54) is 24.3 Å². The van der Waals surface area contributed by atoms with Crippen LogP contribution in [0.15, 0.2) is 58.3 Å². The molecule has 144 valence electrons. The summed E-state index contributed by atoms with van der Waals surface area (Å²) in [5.41, 5.74) is 1.81. The molecule has 0 aromatic heterocycles. The number of carbonyl (C=O) groups excluding carboxylic acids is 1. The average Bonchev–Trinajstić information content (AvgIpc) is 2.62. The molecule has 2 aromatic rings. The number of Topliss-reactive ketones (excluding diaryl/α,β-unsaturated/α-hetero) is 1. The summed E-state index contributed by atoms with van der Waals surface area (Å²) >= 11 is 0. The summed E-state index contributed by atoms with van der Waals surface area (Å²) in [6, 6.07) is 12.5. The Morgan fingerprint density at radius 3 is 1.33 bits per heavy atom. The summed E-state index contributed by atoms with van der Waals surface area (Å²) < 4.78 is 51.8. The Hall–Kier alpha value is -1.99. The van der Waals surface area contributed by atoms with Crippen LogP contribution in [0.1, 0.15) is 30.4 Å². The molecule has 2 unspecified atom stereocenters. The van der Waals surface area contributed by atoms with Crippen LogP contribution in [-0.2, 0) is 24.5 Å². The third kappa shape index (κ3) is 3.71. The van der Waals surface area contributed by atoms with Gasteiger partial charge in [-0.15, -0.1) is 0 Å². The summed E-state index contributed by atoms with van der Waals surface area (Å²) in [6.45, 7) is 3.68. The minimum Gasteiger partial charge on any atom is -0.297 e. The van der Waals surface area contributed by atoms with Crippen LogP contribution in [0.5, 0.6) is 0 Å². The van der Waals surface area contributed by atoms with E-state index in [1.807, 2.05) is 13.8 Å². The van der Waals surface area contributed by atoms with Gasteiger partial charge in [-0.1, -0.05) is 35.4 Å². The smallest absolute Gasteiger partial charge is 0.188 e. The lowest BCUT2D eigenvalue weighted by Gasteiger charge is -2.27. The molecule has 0 heterocycles. The van der Waals surface area contributed by atoms with Crippen LogP contribution in [0, 0.1) is 13.8 Å². The average molecular weight is 407 g/mol. The molecule has 1 aliphatic carbocycles. The molecule has 2 atom stereocenters. The molecule has 0 amide bonds. The van der Waals surface area contributed by atoms with Crippen LogP contribution < -0.4 is 0 Å². The molecule has 5 nitrogen and oxygen atoms in total. The van der Waals surface area contributed by atoms with Crippen molar-refractivity contribution in [1.82, 2.24) is 0 Å². The molecule has 27 heavy (non-hydrogen) atoms. The van der Waals surface area contributed by atoms with Crippen molar-refractivity contribution in [3.05, 3.63) is 59.7 Å². The van der Waals surface area contributed by atoms with Gasteiger partial charge in [0.15, 0.2) is 25.5 Å². The molecule has 7 heteroatoms. The summed E-state index contributed by atoms with van der Waals surface area (Å²) in [6.07, 6.45) is 0.668. The van der Waals surface area contributed by atoms with E-state index in [4.69, 9.17) is 0 Å². The van der Waals surface area contributed by atoms with Crippen molar-refractivity contribution < 1.29 is 21.6 Å². The number of ketones is 1. The minimum atomic E-state index is -3.92. The van der Waals surface area contributed by atoms with Gasteiger partial charge in [0, 0.05) is 0 Å². The van der Waals surface area contributed by atoms with E-state index in [0.717, 1.165) is 11.1 Å². The Kier molecular flexibility index (Phi) is 5.27. The van der Waals surface area contributed by atoms with E-state index in [1.54, 1.807) is 24.3 Å². The third-order valence-electron chi connectivity index (χ3n) is 5.02. The molecule has 0 aliphatic heterocycles. The van der Waals surface area contributed by atoms with Gasteiger partial charge in [0.25, 0.3) is 0 Å². The third-order valence-corrected chi connectivity index (χ3v) is 9.31. The van der Waals surface area contributed by atoms with Gasteiger partial charge in [-0.3, -0.25) is 4.79 Å². The minimum absolute atomic E-state index is 0.0554. The van der Waals surface area contributed by atoms with Crippen molar-refractivity contribution in [1.29, 1.82) is 0 Å². The molecule has 1 fully saturated rings. The molecule has 3 rings (SSSR count). The second-order valence-corrected chi connectivity index (χ2v) is 11.3. The highest BCUT2D eigenvalue weighted by atomic mass is 32.2. The number of benzene rings is 2. The Labute approximate surface area is 160 Å². The number of aryl methyl sites for hydroxylation is 2. The van der Waals surface area contributed by atoms with E-state index in [0.29, 0.717) is 6.42 Å². The lowest BCUT2D eigenvalue weighted by Crippen LogP contribution is -2.45. The second kappa shape index (κ2) is 7.20. The van der Waals surface area contributed by atoms with Crippen LogP contribution in [0.3, 0.4) is 0 Å². The standard InChI is InChI=1S/C20H22O5S2/c1-14-6-10-16(11-7-14)26(22,23)18-4-3-5-19(20(18)21)27(24,25)17-12-8-15(2)9-13-17/h6-13,18-19H,3-5H2,1-2H3. The van der Waals surface area contributed by atoms with Crippen LogP contribution in [-0.4, -0.2) is 33.1 Å². The Bertz CT molecular complexity index is 965. The van der Waals surface area contributed by atoms with Gasteiger partial charge < -0.3 is 0 Å². The molecular weight excluding hydrogens is 384 g/mol. The van der Waals surface area contributed by atoms with Crippen molar-refractivity contribution in [3.63, 3.8) is 0 Å². The normalized spacial score (nSPS) is 21.2.